The second kappa shape index (κ2) is 4.47. The third-order valence-corrected chi connectivity index (χ3v) is 1.61. The molecule has 0 saturated heterocycles. The van der Waals surface area contributed by atoms with Crippen LogP contribution in [-0.2, 0) is 4.84 Å². The summed E-state index contributed by atoms with van der Waals surface area (Å²) >= 11 is 5.81. The zero-order valence-electron chi connectivity index (χ0n) is 8.62. The van der Waals surface area contributed by atoms with Crippen LogP contribution in [0.1, 0.15) is 26.3 Å². The first kappa shape index (κ1) is 11.1. The molecular weight excluding hydrogens is 198 g/mol. The zero-order chi connectivity index (χ0) is 10.6. The molecular formula is C11H14ClNO. The Labute approximate surface area is 89.5 Å². The van der Waals surface area contributed by atoms with Crippen LogP contribution in [0.4, 0.5) is 0 Å². The number of hydrogen-bond acceptors (Lipinski definition) is 2. The van der Waals surface area contributed by atoms with E-state index in [1.165, 1.54) is 0 Å². The molecule has 0 unspecified atom stereocenters. The predicted molar refractivity (Wildman–Crippen MR) is 59.9 cm³/mol. The fourth-order valence-electron chi connectivity index (χ4n) is 0.832. The van der Waals surface area contributed by atoms with Crippen molar-refractivity contribution in [1.29, 1.82) is 0 Å². The number of hydrogen-bond donors (Lipinski definition) is 0. The van der Waals surface area contributed by atoms with E-state index in [2.05, 4.69) is 5.16 Å². The number of halogens is 1. The van der Waals surface area contributed by atoms with Crippen LogP contribution < -0.4 is 0 Å². The van der Waals surface area contributed by atoms with Crippen LogP contribution in [0, 0.1) is 0 Å². The lowest BCUT2D eigenvalue weighted by Gasteiger charge is -2.14. The summed E-state index contributed by atoms with van der Waals surface area (Å²) in [6.07, 6.45) is 1.65. The van der Waals surface area contributed by atoms with Crippen LogP contribution in [0.25, 0.3) is 0 Å². The van der Waals surface area contributed by atoms with Crippen molar-refractivity contribution in [3.8, 4) is 0 Å². The van der Waals surface area contributed by atoms with Gasteiger partial charge in [0.05, 0.1) is 6.21 Å². The average molecular weight is 212 g/mol. The smallest absolute Gasteiger partial charge is 0.129 e. The number of rotatable bonds is 2. The van der Waals surface area contributed by atoms with Crippen LogP contribution >= 0.6 is 11.6 Å². The van der Waals surface area contributed by atoms with Gasteiger partial charge in [0.1, 0.15) is 5.60 Å². The Bertz CT molecular complexity index is 328. The molecule has 14 heavy (non-hydrogen) atoms. The second-order valence-corrected chi connectivity index (χ2v) is 4.43. The third kappa shape index (κ3) is 4.28. The van der Waals surface area contributed by atoms with Crippen LogP contribution in [0.5, 0.6) is 0 Å². The Morgan fingerprint density at radius 1 is 1.36 bits per heavy atom. The quantitative estimate of drug-likeness (QED) is 0.542. The minimum atomic E-state index is -0.255. The molecule has 0 aliphatic carbocycles. The molecule has 3 heteroatoms. The van der Waals surface area contributed by atoms with E-state index in [1.54, 1.807) is 6.21 Å². The standard InChI is InChI=1S/C11H14ClNO/c1-11(2,3)14-13-8-9-5-4-6-10(12)7-9/h4-8H,1-3H3. The van der Waals surface area contributed by atoms with E-state index in [9.17, 15) is 0 Å². The minimum absolute atomic E-state index is 0.255. The van der Waals surface area contributed by atoms with Gasteiger partial charge < -0.3 is 4.84 Å². The molecule has 0 heterocycles. The van der Waals surface area contributed by atoms with E-state index in [4.69, 9.17) is 16.4 Å². The van der Waals surface area contributed by atoms with Gasteiger partial charge in [-0.2, -0.15) is 0 Å². The molecule has 0 spiro atoms. The normalized spacial score (nSPS) is 12.0. The van der Waals surface area contributed by atoms with Gasteiger partial charge in [0.15, 0.2) is 0 Å². The van der Waals surface area contributed by atoms with Crippen LogP contribution in [0.2, 0.25) is 5.02 Å². The number of nitrogens with zero attached hydrogens (tertiary/aromatic N) is 1. The number of benzene rings is 1. The van der Waals surface area contributed by atoms with Gasteiger partial charge in [0.25, 0.3) is 0 Å². The monoisotopic (exact) mass is 211 g/mol. The van der Waals surface area contributed by atoms with Crippen molar-refractivity contribution in [2.24, 2.45) is 5.16 Å². The molecule has 1 aromatic carbocycles. The van der Waals surface area contributed by atoms with E-state index in [1.807, 2.05) is 45.0 Å². The van der Waals surface area contributed by atoms with Gasteiger partial charge >= 0.3 is 0 Å². The van der Waals surface area contributed by atoms with Crippen molar-refractivity contribution < 1.29 is 4.84 Å². The van der Waals surface area contributed by atoms with Gasteiger partial charge in [-0.05, 0) is 38.5 Å². The molecule has 76 valence electrons. The van der Waals surface area contributed by atoms with Gasteiger partial charge in [-0.15, -0.1) is 0 Å². The average Bonchev–Trinajstić information content (AvgIpc) is 2.01. The highest BCUT2D eigenvalue weighted by molar-refractivity contribution is 6.30. The first-order valence-corrected chi connectivity index (χ1v) is 4.82. The Kier molecular flexibility index (Phi) is 3.53. The van der Waals surface area contributed by atoms with Crippen LogP contribution in [0.3, 0.4) is 0 Å². The van der Waals surface area contributed by atoms with E-state index in [0.29, 0.717) is 5.02 Å². The molecule has 2 nitrogen and oxygen atoms in total. The number of oxime groups is 1. The second-order valence-electron chi connectivity index (χ2n) is 3.99. The predicted octanol–water partition coefficient (Wildman–Crippen LogP) is 3.49. The first-order chi connectivity index (χ1) is 6.47. The van der Waals surface area contributed by atoms with E-state index in [-0.39, 0.29) is 5.60 Å². The maximum atomic E-state index is 5.81. The van der Waals surface area contributed by atoms with Gasteiger partial charge in [0, 0.05) is 5.02 Å². The molecule has 0 bridgehead atoms. The van der Waals surface area contributed by atoms with Crippen molar-refractivity contribution in [2.45, 2.75) is 26.4 Å². The van der Waals surface area contributed by atoms with Crippen LogP contribution in [-0.4, -0.2) is 11.8 Å². The van der Waals surface area contributed by atoms with E-state index in [0.717, 1.165) is 5.56 Å². The fourth-order valence-corrected chi connectivity index (χ4v) is 1.03. The first-order valence-electron chi connectivity index (χ1n) is 4.44. The van der Waals surface area contributed by atoms with Crippen molar-refractivity contribution in [1.82, 2.24) is 0 Å². The molecule has 0 fully saturated rings. The summed E-state index contributed by atoms with van der Waals surface area (Å²) in [7, 11) is 0. The minimum Gasteiger partial charge on any atom is -0.390 e. The summed E-state index contributed by atoms with van der Waals surface area (Å²) in [6.45, 7) is 5.84. The summed E-state index contributed by atoms with van der Waals surface area (Å²) in [4.78, 5) is 5.20. The molecule has 1 rings (SSSR count). The highest BCUT2D eigenvalue weighted by atomic mass is 35.5. The Hall–Kier alpha value is -1.02. The van der Waals surface area contributed by atoms with Crippen molar-refractivity contribution in [3.63, 3.8) is 0 Å². The third-order valence-electron chi connectivity index (χ3n) is 1.38. The topological polar surface area (TPSA) is 21.6 Å². The SMILES string of the molecule is CC(C)(C)ON=Cc1cccc(Cl)c1. The highest BCUT2D eigenvalue weighted by Gasteiger charge is 2.09. The molecule has 0 saturated carbocycles. The molecule has 0 aliphatic heterocycles. The lowest BCUT2D eigenvalue weighted by atomic mass is 10.2. The summed E-state index contributed by atoms with van der Waals surface area (Å²) in [5, 5.41) is 4.57. The molecule has 0 radical (unpaired) electrons. The summed E-state index contributed by atoms with van der Waals surface area (Å²) in [6, 6.07) is 7.45. The Morgan fingerprint density at radius 3 is 2.64 bits per heavy atom. The van der Waals surface area contributed by atoms with Gasteiger partial charge in [-0.1, -0.05) is 28.9 Å². The van der Waals surface area contributed by atoms with Gasteiger partial charge in [-0.25, -0.2) is 0 Å². The van der Waals surface area contributed by atoms with E-state index >= 15 is 0 Å². The summed E-state index contributed by atoms with van der Waals surface area (Å²) in [5.41, 5.74) is 0.677. The summed E-state index contributed by atoms with van der Waals surface area (Å²) in [5.74, 6) is 0. The van der Waals surface area contributed by atoms with Crippen molar-refractivity contribution in [3.05, 3.63) is 34.9 Å². The van der Waals surface area contributed by atoms with Crippen LogP contribution in [0.15, 0.2) is 29.4 Å². The molecule has 0 N–H and O–H groups in total. The molecule has 0 atom stereocenters. The van der Waals surface area contributed by atoms with Gasteiger partial charge in [0.2, 0.25) is 0 Å². The molecule has 0 aliphatic rings. The largest absolute Gasteiger partial charge is 0.390 e. The lowest BCUT2D eigenvalue weighted by molar-refractivity contribution is 0.00199. The molecule has 0 aromatic heterocycles. The Morgan fingerprint density at radius 2 is 2.07 bits per heavy atom. The van der Waals surface area contributed by atoms with Crippen molar-refractivity contribution in [2.75, 3.05) is 0 Å². The fraction of sp³-hybridized carbons (Fsp3) is 0.364. The maximum absolute atomic E-state index is 5.81. The van der Waals surface area contributed by atoms with E-state index < -0.39 is 0 Å². The lowest BCUT2D eigenvalue weighted by Crippen LogP contribution is -2.15. The maximum Gasteiger partial charge on any atom is 0.129 e. The van der Waals surface area contributed by atoms with Crippen molar-refractivity contribution >= 4 is 17.8 Å². The zero-order valence-corrected chi connectivity index (χ0v) is 9.38. The van der Waals surface area contributed by atoms with Gasteiger partial charge in [-0.3, -0.25) is 0 Å². The highest BCUT2D eigenvalue weighted by Crippen LogP contribution is 2.10. The summed E-state index contributed by atoms with van der Waals surface area (Å²) < 4.78 is 0. The molecule has 0 amide bonds. The molecule has 1 aromatic rings. The Balaban J connectivity index is 2.61.